The molecular weight excluding hydrogens is 364 g/mol. The van der Waals surface area contributed by atoms with E-state index in [1.807, 2.05) is 48.2 Å². The summed E-state index contributed by atoms with van der Waals surface area (Å²) in [6.07, 6.45) is 1.64. The number of ether oxygens (including phenoxy) is 1. The Hall–Kier alpha value is -2.50. The zero-order chi connectivity index (χ0) is 20.5. The van der Waals surface area contributed by atoms with E-state index in [1.165, 1.54) is 0 Å². The largest absolute Gasteiger partial charge is 0.373 e. The van der Waals surface area contributed by atoms with Crippen molar-refractivity contribution in [1.29, 1.82) is 0 Å². The Labute approximate surface area is 173 Å². The van der Waals surface area contributed by atoms with Gasteiger partial charge in [0, 0.05) is 25.6 Å². The van der Waals surface area contributed by atoms with Crippen LogP contribution in [0.5, 0.6) is 0 Å². The maximum atomic E-state index is 13.7. The number of nitrogens with one attached hydrogen (secondary N) is 1. The standard InChI is InChI=1S/C24H30N2O3/c1-2-26-19-22(13-14-25-15-17-29-18-16-27)24(23(26)28,20-9-5-3-6-10-20)21-11-7-4-8-12-21/h3-12,16,22,25H,2,13-15,17-19H2,1H3. The van der Waals surface area contributed by atoms with Crippen LogP contribution in [0.3, 0.4) is 0 Å². The third kappa shape index (κ3) is 4.41. The molecule has 0 spiro atoms. The van der Waals surface area contributed by atoms with Crippen LogP contribution >= 0.6 is 0 Å². The fourth-order valence-electron chi connectivity index (χ4n) is 4.45. The first kappa shape index (κ1) is 21.2. The van der Waals surface area contributed by atoms with Crippen molar-refractivity contribution >= 4 is 12.2 Å². The van der Waals surface area contributed by atoms with Crippen molar-refractivity contribution in [2.45, 2.75) is 18.8 Å². The molecule has 3 rings (SSSR count). The van der Waals surface area contributed by atoms with Crippen LogP contribution in [0.2, 0.25) is 0 Å². The van der Waals surface area contributed by atoms with E-state index in [9.17, 15) is 9.59 Å². The van der Waals surface area contributed by atoms with Gasteiger partial charge < -0.3 is 19.7 Å². The third-order valence-electron chi connectivity index (χ3n) is 5.80. The van der Waals surface area contributed by atoms with Crippen LogP contribution in [-0.2, 0) is 19.7 Å². The quantitative estimate of drug-likeness (QED) is 0.470. The van der Waals surface area contributed by atoms with Crippen molar-refractivity contribution in [3.8, 4) is 0 Å². The van der Waals surface area contributed by atoms with E-state index < -0.39 is 5.41 Å². The molecule has 1 atom stereocenters. The molecule has 1 N–H and O–H groups in total. The first-order valence-corrected chi connectivity index (χ1v) is 10.4. The number of hydrogen-bond acceptors (Lipinski definition) is 4. The molecule has 0 aliphatic carbocycles. The number of carbonyl (C=O) groups excluding carboxylic acids is 2. The van der Waals surface area contributed by atoms with Gasteiger partial charge in [-0.1, -0.05) is 60.7 Å². The number of hydrogen-bond donors (Lipinski definition) is 1. The summed E-state index contributed by atoms with van der Waals surface area (Å²) < 4.78 is 5.19. The van der Waals surface area contributed by atoms with Crippen molar-refractivity contribution in [2.24, 2.45) is 5.92 Å². The number of likely N-dealkylation sites (tertiary alicyclic amines) is 1. The lowest BCUT2D eigenvalue weighted by Crippen LogP contribution is -2.42. The summed E-state index contributed by atoms with van der Waals surface area (Å²) in [7, 11) is 0. The summed E-state index contributed by atoms with van der Waals surface area (Å²) in [5.74, 6) is 0.361. The maximum Gasteiger partial charge on any atom is 0.238 e. The lowest BCUT2D eigenvalue weighted by atomic mass is 9.66. The molecule has 1 amide bonds. The molecule has 1 aliphatic heterocycles. The van der Waals surface area contributed by atoms with Crippen LogP contribution in [0, 0.1) is 5.92 Å². The number of aldehydes is 1. The van der Waals surface area contributed by atoms with Gasteiger partial charge in [-0.15, -0.1) is 0 Å². The van der Waals surface area contributed by atoms with Gasteiger partial charge in [0.25, 0.3) is 0 Å². The minimum atomic E-state index is -0.659. The average molecular weight is 395 g/mol. The zero-order valence-corrected chi connectivity index (χ0v) is 17.0. The second kappa shape index (κ2) is 10.3. The Kier molecular flexibility index (Phi) is 7.55. The molecule has 0 radical (unpaired) electrons. The van der Waals surface area contributed by atoms with Gasteiger partial charge in [-0.05, 0) is 31.0 Å². The normalized spacial score (nSPS) is 18.2. The Morgan fingerprint density at radius 1 is 1.07 bits per heavy atom. The summed E-state index contributed by atoms with van der Waals surface area (Å²) in [6, 6.07) is 20.4. The second-order valence-corrected chi connectivity index (χ2v) is 7.36. The van der Waals surface area contributed by atoms with Gasteiger partial charge in [0.1, 0.15) is 18.3 Å². The predicted octanol–water partition coefficient (Wildman–Crippen LogP) is 2.65. The van der Waals surface area contributed by atoms with E-state index in [-0.39, 0.29) is 18.4 Å². The van der Waals surface area contributed by atoms with Gasteiger partial charge >= 0.3 is 0 Å². The Balaban J connectivity index is 1.86. The minimum Gasteiger partial charge on any atom is -0.373 e. The molecule has 1 aliphatic rings. The highest BCUT2D eigenvalue weighted by molar-refractivity contribution is 5.94. The van der Waals surface area contributed by atoms with Crippen LogP contribution in [0.4, 0.5) is 0 Å². The van der Waals surface area contributed by atoms with Gasteiger partial charge in [-0.2, -0.15) is 0 Å². The molecule has 5 heteroatoms. The van der Waals surface area contributed by atoms with Crippen molar-refractivity contribution in [3.05, 3.63) is 71.8 Å². The highest BCUT2D eigenvalue weighted by atomic mass is 16.5. The molecule has 1 fully saturated rings. The van der Waals surface area contributed by atoms with E-state index in [0.29, 0.717) is 19.7 Å². The smallest absolute Gasteiger partial charge is 0.238 e. The third-order valence-corrected chi connectivity index (χ3v) is 5.80. The summed E-state index contributed by atoms with van der Waals surface area (Å²) in [5, 5.41) is 3.39. The minimum absolute atomic E-state index is 0.134. The van der Waals surface area contributed by atoms with Crippen LogP contribution in [0.25, 0.3) is 0 Å². The zero-order valence-electron chi connectivity index (χ0n) is 17.0. The Morgan fingerprint density at radius 2 is 1.69 bits per heavy atom. The lowest BCUT2D eigenvalue weighted by Gasteiger charge is -2.34. The number of benzene rings is 2. The summed E-state index contributed by atoms with van der Waals surface area (Å²) in [4.78, 5) is 26.0. The van der Waals surface area contributed by atoms with E-state index in [4.69, 9.17) is 4.74 Å². The number of rotatable bonds is 11. The predicted molar refractivity (Wildman–Crippen MR) is 114 cm³/mol. The molecule has 154 valence electrons. The van der Waals surface area contributed by atoms with Gasteiger partial charge in [0.15, 0.2) is 0 Å². The number of nitrogens with zero attached hydrogens (tertiary/aromatic N) is 1. The fourth-order valence-corrected chi connectivity index (χ4v) is 4.45. The van der Waals surface area contributed by atoms with E-state index in [1.54, 1.807) is 0 Å². The fraction of sp³-hybridized carbons (Fsp3) is 0.417. The number of likely N-dealkylation sites (N-methyl/N-ethyl adjacent to an activating group) is 1. The van der Waals surface area contributed by atoms with Crippen molar-refractivity contribution in [2.75, 3.05) is 39.4 Å². The summed E-state index contributed by atoms with van der Waals surface area (Å²) in [6.45, 7) is 5.63. The van der Waals surface area contributed by atoms with Gasteiger partial charge in [-0.3, -0.25) is 4.79 Å². The molecule has 2 aromatic rings. The second-order valence-electron chi connectivity index (χ2n) is 7.36. The molecule has 2 aromatic carbocycles. The number of amides is 1. The topological polar surface area (TPSA) is 58.6 Å². The average Bonchev–Trinajstić information content (AvgIpc) is 3.06. The first-order chi connectivity index (χ1) is 14.2. The van der Waals surface area contributed by atoms with E-state index in [2.05, 4.69) is 29.6 Å². The maximum absolute atomic E-state index is 13.7. The molecule has 29 heavy (non-hydrogen) atoms. The van der Waals surface area contributed by atoms with Crippen LogP contribution in [0.1, 0.15) is 24.5 Å². The summed E-state index contributed by atoms with van der Waals surface area (Å²) >= 11 is 0. The van der Waals surface area contributed by atoms with Gasteiger partial charge in [0.05, 0.1) is 6.61 Å². The molecular formula is C24H30N2O3. The van der Waals surface area contributed by atoms with Crippen molar-refractivity contribution in [1.82, 2.24) is 10.2 Å². The highest BCUT2D eigenvalue weighted by Gasteiger charge is 2.55. The number of carbonyl (C=O) groups is 2. The van der Waals surface area contributed by atoms with Crippen LogP contribution < -0.4 is 5.32 Å². The molecule has 5 nitrogen and oxygen atoms in total. The Morgan fingerprint density at radius 3 is 2.24 bits per heavy atom. The van der Waals surface area contributed by atoms with Crippen molar-refractivity contribution < 1.29 is 14.3 Å². The van der Waals surface area contributed by atoms with Crippen molar-refractivity contribution in [3.63, 3.8) is 0 Å². The first-order valence-electron chi connectivity index (χ1n) is 10.4. The van der Waals surface area contributed by atoms with E-state index >= 15 is 0 Å². The lowest BCUT2D eigenvalue weighted by molar-refractivity contribution is -0.131. The highest BCUT2D eigenvalue weighted by Crippen LogP contribution is 2.47. The van der Waals surface area contributed by atoms with Gasteiger partial charge in [0.2, 0.25) is 5.91 Å². The summed E-state index contributed by atoms with van der Waals surface area (Å²) in [5.41, 5.74) is 1.46. The molecule has 1 heterocycles. The monoisotopic (exact) mass is 394 g/mol. The van der Waals surface area contributed by atoms with Gasteiger partial charge in [-0.25, -0.2) is 0 Å². The Bertz CT molecular complexity index is 740. The molecule has 1 unspecified atom stereocenters. The van der Waals surface area contributed by atoms with Crippen LogP contribution in [0.15, 0.2) is 60.7 Å². The SMILES string of the molecule is CCN1CC(CCNCCOCC=O)C(c2ccccc2)(c2ccccc2)C1=O. The molecule has 0 aromatic heterocycles. The molecule has 0 saturated carbocycles. The van der Waals surface area contributed by atoms with E-state index in [0.717, 1.165) is 36.9 Å². The van der Waals surface area contributed by atoms with Crippen LogP contribution in [-0.4, -0.2) is 56.5 Å². The molecule has 0 bridgehead atoms. The molecule has 1 saturated heterocycles.